The summed E-state index contributed by atoms with van der Waals surface area (Å²) < 4.78 is 11.1. The summed E-state index contributed by atoms with van der Waals surface area (Å²) in [7, 11) is 1.51. The molecule has 38 heavy (non-hydrogen) atoms. The summed E-state index contributed by atoms with van der Waals surface area (Å²) in [6.45, 7) is 5.19. The number of piperidine rings is 1. The molecule has 0 bridgehead atoms. The van der Waals surface area contributed by atoms with E-state index in [0.717, 1.165) is 12.8 Å². The molecule has 0 radical (unpaired) electrons. The van der Waals surface area contributed by atoms with E-state index in [4.69, 9.17) is 9.47 Å². The quantitative estimate of drug-likeness (QED) is 0.416. The lowest BCUT2D eigenvalue weighted by Gasteiger charge is -2.32. The number of fused-ring (bicyclic) bond motifs is 1. The summed E-state index contributed by atoms with van der Waals surface area (Å²) in [6.07, 6.45) is 5.10. The maximum absolute atomic E-state index is 13.4. The summed E-state index contributed by atoms with van der Waals surface area (Å²) >= 11 is 0. The van der Waals surface area contributed by atoms with E-state index in [2.05, 4.69) is 20.3 Å². The van der Waals surface area contributed by atoms with Crippen LogP contribution in [0.3, 0.4) is 0 Å². The van der Waals surface area contributed by atoms with Gasteiger partial charge in [0.15, 0.2) is 5.78 Å². The second-order valence-electron chi connectivity index (χ2n) is 10.2. The highest BCUT2D eigenvalue weighted by molar-refractivity contribution is 6.09. The summed E-state index contributed by atoms with van der Waals surface area (Å²) in [5.74, 6) is 0.901. The number of aromatic nitrogens is 3. The van der Waals surface area contributed by atoms with Crippen LogP contribution in [0, 0.1) is 12.8 Å². The number of carbonyl (C=O) groups excluding carboxylic acids is 3. The molecule has 2 aliphatic rings. The molecular weight excluding hydrogens is 486 g/mol. The van der Waals surface area contributed by atoms with Crippen molar-refractivity contribution in [1.82, 2.24) is 25.2 Å². The first kappa shape index (κ1) is 25.8. The average molecular weight is 520 g/mol. The molecule has 1 aromatic carbocycles. The van der Waals surface area contributed by atoms with E-state index >= 15 is 0 Å². The van der Waals surface area contributed by atoms with E-state index in [1.54, 1.807) is 17.0 Å². The van der Waals surface area contributed by atoms with Gasteiger partial charge < -0.3 is 24.7 Å². The van der Waals surface area contributed by atoms with Gasteiger partial charge in [0.1, 0.15) is 29.9 Å². The number of aryl methyl sites for hydroxylation is 1. The molecule has 2 amide bonds. The third kappa shape index (κ3) is 5.40. The Bertz CT molecular complexity index is 1370. The van der Waals surface area contributed by atoms with Gasteiger partial charge in [0, 0.05) is 43.1 Å². The molecule has 10 nitrogen and oxygen atoms in total. The Morgan fingerprint density at radius 3 is 2.58 bits per heavy atom. The van der Waals surface area contributed by atoms with E-state index in [0.29, 0.717) is 83.3 Å². The molecule has 1 aliphatic carbocycles. The molecule has 10 heteroatoms. The monoisotopic (exact) mass is 519 g/mol. The van der Waals surface area contributed by atoms with Crippen LogP contribution in [-0.4, -0.2) is 76.9 Å². The smallest absolute Gasteiger partial charge is 0.255 e. The number of carbonyl (C=O) groups is 3. The number of methoxy groups -OCH3 is 1. The summed E-state index contributed by atoms with van der Waals surface area (Å²) in [6, 6.07) is 5.32. The normalized spacial score (nSPS) is 16.0. The first-order valence-electron chi connectivity index (χ1n) is 13.0. The van der Waals surface area contributed by atoms with Gasteiger partial charge in [0.25, 0.3) is 5.91 Å². The van der Waals surface area contributed by atoms with Gasteiger partial charge in [0.05, 0.1) is 17.7 Å². The molecule has 1 aliphatic heterocycles. The first-order chi connectivity index (χ1) is 18.4. The largest absolute Gasteiger partial charge is 0.493 e. The molecule has 1 saturated carbocycles. The molecule has 2 fully saturated rings. The fraction of sp³-hybridized carbons (Fsp3) is 0.464. The summed E-state index contributed by atoms with van der Waals surface area (Å²) in [5.41, 5.74) is 4.09. The zero-order valence-electron chi connectivity index (χ0n) is 22.0. The minimum Gasteiger partial charge on any atom is -0.493 e. The predicted octanol–water partition coefficient (Wildman–Crippen LogP) is 3.29. The van der Waals surface area contributed by atoms with Crippen LogP contribution in [0.25, 0.3) is 22.3 Å². The van der Waals surface area contributed by atoms with Crippen LogP contribution in [0.5, 0.6) is 5.75 Å². The van der Waals surface area contributed by atoms with Crippen molar-refractivity contribution in [2.75, 3.05) is 33.4 Å². The van der Waals surface area contributed by atoms with Gasteiger partial charge in [0.2, 0.25) is 5.91 Å². The number of amides is 2. The molecule has 3 aromatic rings. The van der Waals surface area contributed by atoms with Crippen molar-refractivity contribution in [3.8, 4) is 17.0 Å². The number of rotatable bonds is 9. The van der Waals surface area contributed by atoms with Gasteiger partial charge in [-0.05, 0) is 63.6 Å². The number of hydrogen-bond donors (Lipinski definition) is 2. The first-order valence-corrected chi connectivity index (χ1v) is 13.0. The molecular formula is C28H33N5O5. The highest BCUT2D eigenvalue weighted by Gasteiger charge is 2.28. The maximum atomic E-state index is 13.4. The van der Waals surface area contributed by atoms with Crippen LogP contribution < -0.4 is 10.1 Å². The Balaban J connectivity index is 1.41. The third-order valence-corrected chi connectivity index (χ3v) is 7.26. The van der Waals surface area contributed by atoms with E-state index < -0.39 is 0 Å². The molecule has 3 heterocycles. The van der Waals surface area contributed by atoms with E-state index in [-0.39, 0.29) is 30.2 Å². The zero-order valence-corrected chi connectivity index (χ0v) is 22.0. The van der Waals surface area contributed by atoms with Crippen LogP contribution in [0.2, 0.25) is 0 Å². The predicted molar refractivity (Wildman–Crippen MR) is 141 cm³/mol. The molecule has 1 saturated heterocycles. The molecule has 2 aromatic heterocycles. The Morgan fingerprint density at radius 2 is 1.89 bits per heavy atom. The SMILES string of the molecule is COCC(=O)N1CCC(NC(=O)c2c(C)[nH]c3c(-c4cc(C(C)=O)ccc4OCC4CC4)ncnc23)CC1. The standard InChI is InChI=1S/C28H33N5O5/c1-16-24(28(36)32-20-8-10-33(11-9-20)23(35)14-37-3)26-27(31-16)25(29-15-30-26)21-12-19(17(2)34)6-7-22(21)38-13-18-4-5-18/h6-7,12,15,18,20,31H,4-5,8-11,13-14H2,1-3H3,(H,32,36). The van der Waals surface area contributed by atoms with Crippen molar-refractivity contribution >= 4 is 28.6 Å². The third-order valence-electron chi connectivity index (χ3n) is 7.26. The fourth-order valence-corrected chi connectivity index (χ4v) is 4.90. The molecule has 0 atom stereocenters. The Labute approximate surface area is 221 Å². The van der Waals surface area contributed by atoms with Crippen molar-refractivity contribution in [3.05, 3.63) is 41.3 Å². The van der Waals surface area contributed by atoms with Crippen LogP contribution in [0.15, 0.2) is 24.5 Å². The summed E-state index contributed by atoms with van der Waals surface area (Å²) in [4.78, 5) is 51.7. The molecule has 0 spiro atoms. The molecule has 0 unspecified atom stereocenters. The maximum Gasteiger partial charge on any atom is 0.255 e. The van der Waals surface area contributed by atoms with Gasteiger partial charge >= 0.3 is 0 Å². The average Bonchev–Trinajstić information content (AvgIpc) is 3.67. The van der Waals surface area contributed by atoms with Crippen molar-refractivity contribution in [2.45, 2.75) is 45.6 Å². The van der Waals surface area contributed by atoms with Gasteiger partial charge in [-0.25, -0.2) is 9.97 Å². The fourth-order valence-electron chi connectivity index (χ4n) is 4.90. The van der Waals surface area contributed by atoms with Crippen molar-refractivity contribution in [3.63, 3.8) is 0 Å². The van der Waals surface area contributed by atoms with Crippen LogP contribution in [-0.2, 0) is 9.53 Å². The minimum absolute atomic E-state index is 0.0386. The van der Waals surface area contributed by atoms with Crippen LogP contribution in [0.1, 0.15) is 59.0 Å². The zero-order chi connectivity index (χ0) is 26.8. The lowest BCUT2D eigenvalue weighted by Crippen LogP contribution is -2.47. The number of H-pyrrole nitrogens is 1. The second kappa shape index (κ2) is 10.9. The van der Waals surface area contributed by atoms with Crippen molar-refractivity contribution < 1.29 is 23.9 Å². The van der Waals surface area contributed by atoms with Gasteiger partial charge in [-0.1, -0.05) is 0 Å². The highest BCUT2D eigenvalue weighted by Crippen LogP contribution is 2.37. The van der Waals surface area contributed by atoms with E-state index in [1.165, 1.54) is 20.4 Å². The number of benzene rings is 1. The lowest BCUT2D eigenvalue weighted by molar-refractivity contribution is -0.136. The molecule has 2 N–H and O–H groups in total. The van der Waals surface area contributed by atoms with Crippen molar-refractivity contribution in [1.29, 1.82) is 0 Å². The number of Topliss-reactive ketones (excluding diaryl/α,β-unsaturated/α-hetero) is 1. The number of aromatic amines is 1. The van der Waals surface area contributed by atoms with E-state index in [1.807, 2.05) is 13.0 Å². The number of ether oxygens (including phenoxy) is 2. The number of nitrogens with one attached hydrogen (secondary N) is 2. The van der Waals surface area contributed by atoms with Crippen LogP contribution in [0.4, 0.5) is 0 Å². The van der Waals surface area contributed by atoms with E-state index in [9.17, 15) is 14.4 Å². The van der Waals surface area contributed by atoms with Crippen LogP contribution >= 0.6 is 0 Å². The highest BCUT2D eigenvalue weighted by atomic mass is 16.5. The number of likely N-dealkylation sites (tertiary alicyclic amines) is 1. The minimum atomic E-state index is -0.220. The number of hydrogen-bond acceptors (Lipinski definition) is 7. The molecule has 5 rings (SSSR count). The molecule has 200 valence electrons. The Morgan fingerprint density at radius 1 is 1.13 bits per heavy atom. The number of ketones is 1. The van der Waals surface area contributed by atoms with Gasteiger partial charge in [-0.3, -0.25) is 14.4 Å². The Hall–Kier alpha value is -3.79. The Kier molecular flexibility index (Phi) is 7.42. The van der Waals surface area contributed by atoms with Gasteiger partial charge in [-0.2, -0.15) is 0 Å². The second-order valence-corrected chi connectivity index (χ2v) is 10.2. The van der Waals surface area contributed by atoms with Crippen molar-refractivity contribution in [2.24, 2.45) is 5.92 Å². The van der Waals surface area contributed by atoms with Gasteiger partial charge in [-0.15, -0.1) is 0 Å². The lowest BCUT2D eigenvalue weighted by atomic mass is 10.0. The topological polar surface area (TPSA) is 127 Å². The summed E-state index contributed by atoms with van der Waals surface area (Å²) in [5, 5.41) is 3.12. The number of nitrogens with zero attached hydrogens (tertiary/aromatic N) is 3.